The number of benzene rings is 2. The number of hydrogen-bond acceptors (Lipinski definition) is 10. The normalized spacial score (nSPS) is 23.6. The first-order valence-electron chi connectivity index (χ1n) is 16.1. The number of nitriles is 2. The van der Waals surface area contributed by atoms with E-state index in [9.17, 15) is 28.1 Å². The Morgan fingerprint density at radius 3 is 2.70 bits per heavy atom. The number of methoxy groups -OCH3 is 1. The minimum atomic E-state index is -2.86. The Balaban J connectivity index is 1.47. The number of nitrogen functional groups attached to an aromatic ring is 1. The van der Waals surface area contributed by atoms with E-state index in [1.807, 2.05) is 11.0 Å². The van der Waals surface area contributed by atoms with Gasteiger partial charge in [0, 0.05) is 30.0 Å². The van der Waals surface area contributed by atoms with Crippen molar-refractivity contribution in [2.45, 2.75) is 56.8 Å². The van der Waals surface area contributed by atoms with E-state index in [-0.39, 0.29) is 91.2 Å². The zero-order valence-corrected chi connectivity index (χ0v) is 28.5. The summed E-state index contributed by atoms with van der Waals surface area (Å²) in [4.78, 5) is 12.3. The molecule has 4 aromatic rings. The summed E-state index contributed by atoms with van der Waals surface area (Å²) >= 11 is 7.73. The van der Waals surface area contributed by atoms with Gasteiger partial charge in [-0.25, -0.2) is 22.0 Å². The van der Waals surface area contributed by atoms with Gasteiger partial charge in [-0.2, -0.15) is 20.5 Å². The van der Waals surface area contributed by atoms with Crippen molar-refractivity contribution in [3.8, 4) is 35.0 Å². The first-order chi connectivity index (χ1) is 23.9. The van der Waals surface area contributed by atoms with E-state index in [1.165, 1.54) is 18.1 Å². The predicted octanol–water partition coefficient (Wildman–Crippen LogP) is 7.48. The molecule has 0 amide bonds. The molecule has 262 valence electrons. The molecule has 3 aliphatic rings. The molecular weight excluding hydrogens is 701 g/mol. The Kier molecular flexibility index (Phi) is 8.81. The fourth-order valence-corrected chi connectivity index (χ4v) is 9.12. The smallest absolute Gasteiger partial charge is 0.319 e. The third-order valence-corrected chi connectivity index (χ3v) is 11.7. The Morgan fingerprint density at radius 1 is 1.24 bits per heavy atom. The van der Waals surface area contributed by atoms with Crippen molar-refractivity contribution in [1.29, 1.82) is 10.5 Å². The maximum Gasteiger partial charge on any atom is 0.319 e. The van der Waals surface area contributed by atoms with E-state index in [0.29, 0.717) is 19.4 Å². The Hall–Kier alpha value is -4.18. The maximum absolute atomic E-state index is 17.2. The van der Waals surface area contributed by atoms with E-state index < -0.39 is 47.9 Å². The first-order valence-corrected chi connectivity index (χ1v) is 17.3. The molecule has 16 heteroatoms. The van der Waals surface area contributed by atoms with Crippen molar-refractivity contribution in [2.24, 2.45) is 11.8 Å². The number of fused-ring (bicyclic) bond motifs is 3. The molecule has 2 N–H and O–H groups in total. The highest BCUT2D eigenvalue weighted by atomic mass is 35.5. The largest absolute Gasteiger partial charge is 0.494 e. The Bertz CT molecular complexity index is 2100. The highest BCUT2D eigenvalue weighted by Gasteiger charge is 2.50. The molecule has 2 aliphatic heterocycles. The van der Waals surface area contributed by atoms with Crippen LogP contribution in [0.5, 0.6) is 11.8 Å². The fourth-order valence-electron chi connectivity index (χ4n) is 7.81. The average Bonchev–Trinajstić information content (AvgIpc) is 3.52. The van der Waals surface area contributed by atoms with Crippen LogP contribution in [0.3, 0.4) is 0 Å². The van der Waals surface area contributed by atoms with Crippen molar-refractivity contribution < 1.29 is 31.4 Å². The van der Waals surface area contributed by atoms with Crippen molar-refractivity contribution in [3.63, 3.8) is 0 Å². The maximum atomic E-state index is 17.2. The number of anilines is 2. The number of aromatic nitrogens is 2. The van der Waals surface area contributed by atoms with Gasteiger partial charge in [0.05, 0.1) is 51.9 Å². The third kappa shape index (κ3) is 5.50. The van der Waals surface area contributed by atoms with Gasteiger partial charge in [0.2, 0.25) is 0 Å². The summed E-state index contributed by atoms with van der Waals surface area (Å²) in [6, 6.07) is 5.51. The molecule has 4 heterocycles. The summed E-state index contributed by atoms with van der Waals surface area (Å²) in [6.07, 6.45) is -1.71. The molecular formula is C34H31ClF5N7O2S. The molecule has 2 aromatic carbocycles. The summed E-state index contributed by atoms with van der Waals surface area (Å²) in [7, 11) is 1.26. The lowest BCUT2D eigenvalue weighted by atomic mass is 9.95. The van der Waals surface area contributed by atoms with E-state index >= 15 is 4.39 Å². The van der Waals surface area contributed by atoms with Gasteiger partial charge in [0.25, 0.3) is 6.43 Å². The topological polar surface area (TPSA) is 124 Å². The van der Waals surface area contributed by atoms with Gasteiger partial charge < -0.3 is 20.1 Å². The molecule has 3 fully saturated rings. The lowest BCUT2D eigenvalue weighted by Gasteiger charge is -2.33. The number of nitrogens with two attached hydrogens (primary N) is 1. The molecule has 0 bridgehead atoms. The van der Waals surface area contributed by atoms with E-state index in [4.69, 9.17) is 26.8 Å². The van der Waals surface area contributed by atoms with Gasteiger partial charge in [0.1, 0.15) is 41.0 Å². The van der Waals surface area contributed by atoms with Gasteiger partial charge >= 0.3 is 6.01 Å². The lowest BCUT2D eigenvalue weighted by Crippen LogP contribution is -2.43. The third-order valence-electron chi connectivity index (χ3n) is 10.3. The zero-order valence-electron chi connectivity index (χ0n) is 27.0. The van der Waals surface area contributed by atoms with Crippen LogP contribution in [-0.4, -0.2) is 72.4 Å². The Morgan fingerprint density at radius 2 is 2.02 bits per heavy atom. The van der Waals surface area contributed by atoms with Crippen LogP contribution < -0.4 is 20.1 Å². The molecule has 0 radical (unpaired) electrons. The van der Waals surface area contributed by atoms with Crippen LogP contribution in [0.2, 0.25) is 5.02 Å². The number of ether oxygens (including phenoxy) is 2. The molecule has 1 aliphatic carbocycles. The van der Waals surface area contributed by atoms with Crippen LogP contribution in [0, 0.1) is 46.1 Å². The number of thiophene rings is 1. The summed E-state index contributed by atoms with van der Waals surface area (Å²) in [5.41, 5.74) is 4.70. The molecule has 7 rings (SSSR count). The van der Waals surface area contributed by atoms with Gasteiger partial charge in [0.15, 0.2) is 11.6 Å². The van der Waals surface area contributed by atoms with Crippen molar-refractivity contribution in [1.82, 2.24) is 14.9 Å². The van der Waals surface area contributed by atoms with Crippen LogP contribution in [0.4, 0.5) is 32.8 Å². The molecule has 5 atom stereocenters. The fraction of sp³-hybridized carbons (Fsp3) is 0.471. The summed E-state index contributed by atoms with van der Waals surface area (Å²) in [5.74, 6) is -2.65. The van der Waals surface area contributed by atoms with Crippen LogP contribution in [-0.2, 0) is 0 Å². The highest BCUT2D eigenvalue weighted by molar-refractivity contribution is 7.23. The molecule has 0 spiro atoms. The second kappa shape index (κ2) is 12.9. The van der Waals surface area contributed by atoms with Gasteiger partial charge in [-0.05, 0) is 50.3 Å². The number of hydrogen-bond donors (Lipinski definition) is 1. The summed E-state index contributed by atoms with van der Waals surface area (Å²) in [5, 5.41) is 19.1. The highest BCUT2D eigenvalue weighted by Crippen LogP contribution is 2.51. The van der Waals surface area contributed by atoms with Crippen molar-refractivity contribution in [2.75, 3.05) is 44.0 Å². The summed E-state index contributed by atoms with van der Waals surface area (Å²) < 4.78 is 87.2. The van der Waals surface area contributed by atoms with Crippen molar-refractivity contribution in [3.05, 3.63) is 34.4 Å². The molecule has 9 nitrogen and oxygen atoms in total. The Labute approximate surface area is 292 Å². The quantitative estimate of drug-likeness (QED) is 0.165. The van der Waals surface area contributed by atoms with Gasteiger partial charge in [-0.3, -0.25) is 4.90 Å². The number of alkyl halides is 3. The number of halogens is 6. The standard InChI is InChI=1S/C34H31ClF5N7O2S/c1-15(19-8-16(19)10-41)47(13-22(38)39)32-25-28(44-33(45-32)49-14-34-6-3-7-46(34)12-17(36)9-34)27(40)24(26(35)29(25)48-2)18-4-5-21(37)30-23(18)20(11-42)31(43)50-30/h4-5,15-17,19,22H,3,6-9,12-14,43H2,1-2H3/t15-,16?,17-,19?,34+/m1/s1. The molecule has 1 saturated carbocycles. The first kappa shape index (κ1) is 34.3. The van der Waals surface area contributed by atoms with Crippen LogP contribution in [0.15, 0.2) is 12.1 Å². The SMILES string of the molecule is COc1c(Cl)c(-c2ccc(F)c3sc(N)c(C#N)c23)c(F)c2nc(OC[C@@]34CCCN3C[C@H](F)C4)nc(N(CC(F)F)[C@H](C)C3CC3C#N)c12. The number of nitrogens with zero attached hydrogens (tertiary/aromatic N) is 6. The van der Waals surface area contributed by atoms with Crippen molar-refractivity contribution >= 4 is 54.7 Å². The average molecular weight is 732 g/mol. The van der Waals surface area contributed by atoms with Gasteiger partial charge in [-0.1, -0.05) is 17.7 Å². The molecule has 2 saturated heterocycles. The zero-order chi connectivity index (χ0) is 35.6. The van der Waals surface area contributed by atoms with Crippen LogP contribution in [0.1, 0.15) is 38.2 Å². The predicted molar refractivity (Wildman–Crippen MR) is 180 cm³/mol. The van der Waals surface area contributed by atoms with E-state index in [2.05, 4.69) is 16.0 Å². The van der Waals surface area contributed by atoms with E-state index in [0.717, 1.165) is 23.8 Å². The lowest BCUT2D eigenvalue weighted by molar-refractivity contribution is 0.107. The molecule has 2 aromatic heterocycles. The minimum absolute atomic E-state index is 0.00926. The number of rotatable bonds is 10. The van der Waals surface area contributed by atoms with Crippen LogP contribution >= 0.6 is 22.9 Å². The minimum Gasteiger partial charge on any atom is -0.494 e. The van der Waals surface area contributed by atoms with E-state index in [1.54, 1.807) is 6.92 Å². The monoisotopic (exact) mass is 731 g/mol. The molecule has 2 unspecified atom stereocenters. The second-order valence-electron chi connectivity index (χ2n) is 13.1. The summed E-state index contributed by atoms with van der Waals surface area (Å²) in [6.45, 7) is 1.77. The molecule has 50 heavy (non-hydrogen) atoms. The van der Waals surface area contributed by atoms with Crippen LogP contribution in [0.25, 0.3) is 32.1 Å². The second-order valence-corrected chi connectivity index (χ2v) is 14.6. The van der Waals surface area contributed by atoms with Gasteiger partial charge in [-0.15, -0.1) is 11.3 Å².